The highest BCUT2D eigenvalue weighted by Gasteiger charge is 2.61. The summed E-state index contributed by atoms with van der Waals surface area (Å²) in [7, 11) is 0. The molecule has 0 bridgehead atoms. The van der Waals surface area contributed by atoms with E-state index in [9.17, 15) is 9.90 Å². The predicted molar refractivity (Wildman–Crippen MR) is 128 cm³/mol. The number of aliphatic hydroxyl groups excluding tert-OH is 1. The molecule has 0 unspecified atom stereocenters. The van der Waals surface area contributed by atoms with Crippen LogP contribution in [0.25, 0.3) is 0 Å². The molecule has 1 aromatic heterocycles. The number of ether oxygens (including phenoxy) is 2. The number of benzene rings is 1. The van der Waals surface area contributed by atoms with Gasteiger partial charge < -0.3 is 24.3 Å². The molecular weight excluding hydrogens is 430 g/mol. The molecule has 34 heavy (non-hydrogen) atoms. The van der Waals surface area contributed by atoms with Crippen molar-refractivity contribution in [2.24, 2.45) is 22.7 Å². The van der Waals surface area contributed by atoms with E-state index >= 15 is 0 Å². The van der Waals surface area contributed by atoms with E-state index < -0.39 is 6.10 Å². The highest BCUT2D eigenvalue weighted by atomic mass is 16.7. The highest BCUT2D eigenvalue weighted by molar-refractivity contribution is 5.76. The van der Waals surface area contributed by atoms with Crippen molar-refractivity contribution >= 4 is 5.91 Å². The molecule has 1 amide bonds. The minimum atomic E-state index is -0.466. The van der Waals surface area contributed by atoms with Crippen LogP contribution in [0.4, 0.5) is 0 Å². The Bertz CT molecular complexity index is 962. The van der Waals surface area contributed by atoms with Gasteiger partial charge in [0.25, 0.3) is 0 Å². The van der Waals surface area contributed by atoms with Crippen LogP contribution in [0.1, 0.15) is 57.3 Å². The molecule has 1 aliphatic heterocycles. The van der Waals surface area contributed by atoms with Gasteiger partial charge >= 0.3 is 0 Å². The van der Waals surface area contributed by atoms with Gasteiger partial charge in [-0.2, -0.15) is 0 Å². The molecule has 3 fully saturated rings. The molecular formula is C28H37NO5. The van der Waals surface area contributed by atoms with Crippen LogP contribution in [0.15, 0.2) is 53.1 Å². The molecule has 3 aliphatic rings. The molecule has 2 aliphatic carbocycles. The Morgan fingerprint density at radius 2 is 1.91 bits per heavy atom. The monoisotopic (exact) mass is 467 g/mol. The summed E-state index contributed by atoms with van der Waals surface area (Å²) in [6, 6.07) is 14.0. The summed E-state index contributed by atoms with van der Waals surface area (Å²) in [6.45, 7) is 5.61. The van der Waals surface area contributed by atoms with Gasteiger partial charge in [-0.05, 0) is 60.6 Å². The first-order valence-electron chi connectivity index (χ1n) is 12.7. The van der Waals surface area contributed by atoms with E-state index in [-0.39, 0.29) is 35.0 Å². The van der Waals surface area contributed by atoms with Gasteiger partial charge in [-0.15, -0.1) is 0 Å². The fourth-order valence-corrected chi connectivity index (χ4v) is 7.07. The number of hydrogen-bond acceptors (Lipinski definition) is 5. The van der Waals surface area contributed by atoms with E-state index in [1.54, 1.807) is 6.26 Å². The molecule has 5 rings (SSSR count). The lowest BCUT2D eigenvalue weighted by molar-refractivity contribution is -0.308. The standard InChI is InChI=1S/C28H37NO5/c1-27-13-12-24-28(2,18-33-26(34-24)15-19-7-4-3-5-8-19)23(27)11-10-22(30)21(27)16-25(31)29-17-20-9-6-14-32-20/h3-9,14,21-24,26,30H,10-13,15-18H2,1-2H3,(H,29,31)/t21-,22-,23+,24-,26-,27+,28+/m1/s1. The quantitative estimate of drug-likeness (QED) is 0.656. The van der Waals surface area contributed by atoms with Crippen molar-refractivity contribution in [1.82, 2.24) is 5.32 Å². The van der Waals surface area contributed by atoms with Gasteiger partial charge in [-0.25, -0.2) is 0 Å². The number of fused-ring (bicyclic) bond motifs is 3. The summed E-state index contributed by atoms with van der Waals surface area (Å²) in [5.41, 5.74) is 0.964. The Hall–Kier alpha value is -2.15. The van der Waals surface area contributed by atoms with Crippen molar-refractivity contribution < 1.29 is 23.8 Å². The number of aliphatic hydroxyl groups is 1. The summed E-state index contributed by atoms with van der Waals surface area (Å²) in [5, 5.41) is 14.0. The number of carbonyl (C=O) groups is 1. The Morgan fingerprint density at radius 3 is 2.68 bits per heavy atom. The molecule has 2 saturated carbocycles. The van der Waals surface area contributed by atoms with Crippen LogP contribution in [-0.4, -0.2) is 36.1 Å². The van der Waals surface area contributed by atoms with E-state index in [0.29, 0.717) is 31.9 Å². The largest absolute Gasteiger partial charge is 0.467 e. The zero-order chi connectivity index (χ0) is 23.8. The zero-order valence-corrected chi connectivity index (χ0v) is 20.2. The third-order valence-corrected chi connectivity index (χ3v) is 8.92. The predicted octanol–water partition coefficient (Wildman–Crippen LogP) is 4.46. The first kappa shape index (κ1) is 23.6. The average Bonchev–Trinajstić information content (AvgIpc) is 3.35. The van der Waals surface area contributed by atoms with Gasteiger partial charge in [0.2, 0.25) is 5.91 Å². The van der Waals surface area contributed by atoms with Gasteiger partial charge in [-0.3, -0.25) is 4.79 Å². The van der Waals surface area contributed by atoms with Crippen molar-refractivity contribution in [2.75, 3.05) is 6.61 Å². The van der Waals surface area contributed by atoms with Gasteiger partial charge in [-0.1, -0.05) is 44.2 Å². The van der Waals surface area contributed by atoms with E-state index in [2.05, 4.69) is 31.3 Å². The zero-order valence-electron chi connectivity index (χ0n) is 20.2. The highest BCUT2D eigenvalue weighted by Crippen LogP contribution is 2.62. The normalized spacial score (nSPS) is 37.4. The summed E-state index contributed by atoms with van der Waals surface area (Å²) in [6.07, 6.45) is 5.66. The third-order valence-electron chi connectivity index (χ3n) is 8.92. The maximum absolute atomic E-state index is 12.8. The molecule has 6 nitrogen and oxygen atoms in total. The van der Waals surface area contributed by atoms with Gasteiger partial charge in [0.1, 0.15) is 5.76 Å². The van der Waals surface area contributed by atoms with Crippen LogP contribution in [0, 0.1) is 22.7 Å². The van der Waals surface area contributed by atoms with Crippen molar-refractivity contribution in [1.29, 1.82) is 0 Å². The minimum Gasteiger partial charge on any atom is -0.467 e. The van der Waals surface area contributed by atoms with E-state index in [1.807, 2.05) is 30.3 Å². The maximum atomic E-state index is 12.8. The summed E-state index contributed by atoms with van der Waals surface area (Å²) >= 11 is 0. The smallest absolute Gasteiger partial charge is 0.220 e. The minimum absolute atomic E-state index is 0.0336. The van der Waals surface area contributed by atoms with Gasteiger partial charge in [0.05, 0.1) is 31.6 Å². The molecule has 6 heteroatoms. The number of hydrogen-bond donors (Lipinski definition) is 2. The number of amides is 1. The SMILES string of the molecule is C[C@@]12CO[C@@H](Cc3ccccc3)O[C@@H]1CC[C@]1(C)[C@@H]2CC[C@@H](O)[C@H]1CC(=O)NCc1ccco1. The number of furan rings is 1. The summed E-state index contributed by atoms with van der Waals surface area (Å²) in [4.78, 5) is 12.8. The van der Waals surface area contributed by atoms with Crippen LogP contribution in [0.2, 0.25) is 0 Å². The third kappa shape index (κ3) is 4.43. The number of rotatable bonds is 6. The van der Waals surface area contributed by atoms with Crippen molar-refractivity contribution in [3.63, 3.8) is 0 Å². The second-order valence-corrected chi connectivity index (χ2v) is 11.0. The molecule has 2 aromatic rings. The number of carbonyl (C=O) groups excluding carboxylic acids is 1. The Kier molecular flexibility index (Phi) is 6.58. The second-order valence-electron chi connectivity index (χ2n) is 11.0. The molecule has 7 atom stereocenters. The van der Waals surface area contributed by atoms with E-state index in [4.69, 9.17) is 13.9 Å². The lowest BCUT2D eigenvalue weighted by Crippen LogP contribution is -2.63. The van der Waals surface area contributed by atoms with E-state index in [0.717, 1.165) is 31.4 Å². The first-order valence-corrected chi connectivity index (χ1v) is 12.7. The molecule has 1 aromatic carbocycles. The summed E-state index contributed by atoms with van der Waals surface area (Å²) < 4.78 is 18.2. The molecule has 0 spiro atoms. The lowest BCUT2D eigenvalue weighted by atomic mass is 9.46. The molecule has 2 N–H and O–H groups in total. The van der Waals surface area contributed by atoms with Crippen molar-refractivity contribution in [2.45, 2.75) is 77.4 Å². The van der Waals surface area contributed by atoms with Gasteiger partial charge in [0, 0.05) is 18.3 Å². The van der Waals surface area contributed by atoms with Crippen LogP contribution in [-0.2, 0) is 27.2 Å². The van der Waals surface area contributed by atoms with Gasteiger partial charge in [0.15, 0.2) is 6.29 Å². The van der Waals surface area contributed by atoms with Crippen molar-refractivity contribution in [3.8, 4) is 0 Å². The first-order chi connectivity index (χ1) is 16.4. The number of nitrogens with one attached hydrogen (secondary N) is 1. The topological polar surface area (TPSA) is 80.9 Å². The fraction of sp³-hybridized carbons (Fsp3) is 0.607. The molecule has 184 valence electrons. The molecule has 2 heterocycles. The fourth-order valence-electron chi connectivity index (χ4n) is 7.07. The van der Waals surface area contributed by atoms with E-state index in [1.165, 1.54) is 5.56 Å². The van der Waals surface area contributed by atoms with Crippen LogP contribution >= 0.6 is 0 Å². The lowest BCUT2D eigenvalue weighted by Gasteiger charge is -2.63. The Morgan fingerprint density at radius 1 is 1.09 bits per heavy atom. The van der Waals surface area contributed by atoms with Crippen LogP contribution in [0.3, 0.4) is 0 Å². The molecule has 0 radical (unpaired) electrons. The molecule has 1 saturated heterocycles. The van der Waals surface area contributed by atoms with Crippen LogP contribution in [0.5, 0.6) is 0 Å². The summed E-state index contributed by atoms with van der Waals surface area (Å²) in [5.74, 6) is 0.954. The average molecular weight is 468 g/mol. The second kappa shape index (κ2) is 9.48. The maximum Gasteiger partial charge on any atom is 0.220 e. The Labute approximate surface area is 202 Å². The van der Waals surface area contributed by atoms with Crippen molar-refractivity contribution in [3.05, 3.63) is 60.1 Å². The van der Waals surface area contributed by atoms with Crippen LogP contribution < -0.4 is 5.32 Å². The Balaban J connectivity index is 1.27.